The van der Waals surface area contributed by atoms with Gasteiger partial charge in [-0.15, -0.1) is 11.6 Å². The summed E-state index contributed by atoms with van der Waals surface area (Å²) in [6.07, 6.45) is 1.35. The van der Waals surface area contributed by atoms with Gasteiger partial charge in [-0.2, -0.15) is 0 Å². The molecule has 110 valence electrons. The maximum Gasteiger partial charge on any atom is 0.324 e. The third-order valence-electron chi connectivity index (χ3n) is 3.29. The van der Waals surface area contributed by atoms with Crippen LogP contribution in [0.5, 0.6) is 0 Å². The summed E-state index contributed by atoms with van der Waals surface area (Å²) >= 11 is 6.01. The van der Waals surface area contributed by atoms with Crippen LogP contribution in [0.25, 0.3) is 11.1 Å². The second-order valence-electron chi connectivity index (χ2n) is 4.82. The maximum absolute atomic E-state index is 11.4. The normalized spacial score (nSPS) is 11.9. The van der Waals surface area contributed by atoms with Crippen LogP contribution >= 0.6 is 11.6 Å². The Morgan fingerprint density at radius 1 is 1.05 bits per heavy atom. The summed E-state index contributed by atoms with van der Waals surface area (Å²) in [5.41, 5.74) is 3.56. The van der Waals surface area contributed by atoms with Crippen molar-refractivity contribution in [2.45, 2.75) is 25.1 Å². The van der Waals surface area contributed by atoms with Gasteiger partial charge < -0.3 is 4.74 Å². The molecule has 0 radical (unpaired) electrons. The summed E-state index contributed by atoms with van der Waals surface area (Å²) in [4.78, 5) is 11.4. The van der Waals surface area contributed by atoms with E-state index < -0.39 is 5.38 Å². The van der Waals surface area contributed by atoms with Crippen LogP contribution in [0.4, 0.5) is 0 Å². The van der Waals surface area contributed by atoms with Gasteiger partial charge in [0.05, 0.1) is 6.61 Å². The van der Waals surface area contributed by atoms with Crippen LogP contribution in [-0.2, 0) is 16.0 Å². The standard InChI is InChI=1S/C18H19ClO2/c1-2-21-18(20)17(19)13-10-14-8-11-16(12-9-14)15-6-4-3-5-7-15/h3-9,11-12,17H,2,10,13H2,1H3. The number of rotatable bonds is 6. The smallest absolute Gasteiger partial charge is 0.324 e. The minimum atomic E-state index is -0.571. The zero-order valence-electron chi connectivity index (χ0n) is 12.1. The Morgan fingerprint density at radius 3 is 2.29 bits per heavy atom. The number of ether oxygens (including phenoxy) is 1. The van der Waals surface area contributed by atoms with Gasteiger partial charge in [-0.05, 0) is 36.5 Å². The largest absolute Gasteiger partial charge is 0.465 e. The molecule has 2 rings (SSSR count). The zero-order valence-corrected chi connectivity index (χ0v) is 12.8. The molecule has 0 spiro atoms. The van der Waals surface area contributed by atoms with E-state index in [2.05, 4.69) is 36.4 Å². The highest BCUT2D eigenvalue weighted by atomic mass is 35.5. The van der Waals surface area contributed by atoms with Crippen molar-refractivity contribution in [3.05, 3.63) is 60.2 Å². The number of esters is 1. The van der Waals surface area contributed by atoms with Gasteiger partial charge in [0.15, 0.2) is 0 Å². The molecule has 1 unspecified atom stereocenters. The SMILES string of the molecule is CCOC(=O)C(Cl)CCc1ccc(-c2ccccc2)cc1. The molecule has 2 aromatic rings. The van der Waals surface area contributed by atoms with Gasteiger partial charge in [-0.1, -0.05) is 54.6 Å². The van der Waals surface area contributed by atoms with Crippen molar-refractivity contribution in [2.75, 3.05) is 6.61 Å². The Hall–Kier alpha value is -1.80. The van der Waals surface area contributed by atoms with Crippen LogP contribution in [-0.4, -0.2) is 18.0 Å². The molecule has 0 saturated carbocycles. The van der Waals surface area contributed by atoms with Crippen LogP contribution in [0.3, 0.4) is 0 Å². The molecular formula is C18H19ClO2. The van der Waals surface area contributed by atoms with E-state index in [1.54, 1.807) is 6.92 Å². The van der Waals surface area contributed by atoms with Crippen LogP contribution < -0.4 is 0 Å². The van der Waals surface area contributed by atoms with E-state index in [1.807, 2.05) is 18.2 Å². The second-order valence-corrected chi connectivity index (χ2v) is 5.35. The van der Waals surface area contributed by atoms with Crippen LogP contribution in [0.2, 0.25) is 0 Å². The number of carbonyl (C=O) groups is 1. The van der Waals surface area contributed by atoms with E-state index in [9.17, 15) is 4.79 Å². The Balaban J connectivity index is 1.93. The average molecular weight is 303 g/mol. The topological polar surface area (TPSA) is 26.3 Å². The van der Waals surface area contributed by atoms with Crippen molar-refractivity contribution in [3.8, 4) is 11.1 Å². The van der Waals surface area contributed by atoms with Gasteiger partial charge in [-0.25, -0.2) is 0 Å². The molecule has 0 aliphatic heterocycles. The number of halogens is 1. The first-order valence-corrected chi connectivity index (χ1v) is 7.59. The first kappa shape index (κ1) is 15.6. The molecule has 2 aromatic carbocycles. The summed E-state index contributed by atoms with van der Waals surface area (Å²) in [5.74, 6) is -0.333. The monoisotopic (exact) mass is 302 g/mol. The highest BCUT2D eigenvalue weighted by Crippen LogP contribution is 2.20. The molecule has 2 nitrogen and oxygen atoms in total. The summed E-state index contributed by atoms with van der Waals surface area (Å²) in [6, 6.07) is 18.6. The Labute approximate surface area is 130 Å². The minimum absolute atomic E-state index is 0.333. The molecule has 0 aromatic heterocycles. The van der Waals surface area contributed by atoms with Gasteiger partial charge in [0.2, 0.25) is 0 Å². The first-order valence-electron chi connectivity index (χ1n) is 7.15. The fourth-order valence-electron chi connectivity index (χ4n) is 2.14. The average Bonchev–Trinajstić information content (AvgIpc) is 2.54. The first-order chi connectivity index (χ1) is 10.2. The number of hydrogen-bond donors (Lipinski definition) is 0. The molecule has 21 heavy (non-hydrogen) atoms. The van der Waals surface area contributed by atoms with E-state index in [4.69, 9.17) is 16.3 Å². The lowest BCUT2D eigenvalue weighted by atomic mass is 10.0. The van der Waals surface area contributed by atoms with Crippen molar-refractivity contribution in [2.24, 2.45) is 0 Å². The van der Waals surface area contributed by atoms with Crippen LogP contribution in [0.15, 0.2) is 54.6 Å². The summed E-state index contributed by atoms with van der Waals surface area (Å²) < 4.78 is 4.90. The van der Waals surface area contributed by atoms with Crippen molar-refractivity contribution in [1.29, 1.82) is 0 Å². The highest BCUT2D eigenvalue weighted by molar-refractivity contribution is 6.29. The predicted molar refractivity (Wildman–Crippen MR) is 86.5 cm³/mol. The molecule has 0 fully saturated rings. The van der Waals surface area contributed by atoms with Crippen molar-refractivity contribution < 1.29 is 9.53 Å². The van der Waals surface area contributed by atoms with Gasteiger partial charge >= 0.3 is 5.97 Å². The van der Waals surface area contributed by atoms with Crippen LogP contribution in [0, 0.1) is 0 Å². The number of carbonyl (C=O) groups excluding carboxylic acids is 1. The van der Waals surface area contributed by atoms with Gasteiger partial charge in [0, 0.05) is 0 Å². The second kappa shape index (κ2) is 7.84. The van der Waals surface area contributed by atoms with E-state index in [0.29, 0.717) is 13.0 Å². The maximum atomic E-state index is 11.4. The van der Waals surface area contributed by atoms with E-state index in [-0.39, 0.29) is 5.97 Å². The number of aryl methyl sites for hydroxylation is 1. The number of alkyl halides is 1. The van der Waals surface area contributed by atoms with E-state index in [0.717, 1.165) is 6.42 Å². The van der Waals surface area contributed by atoms with Gasteiger partial charge in [-0.3, -0.25) is 4.79 Å². The Morgan fingerprint density at radius 2 is 1.67 bits per heavy atom. The number of hydrogen-bond acceptors (Lipinski definition) is 2. The molecule has 0 heterocycles. The molecule has 3 heteroatoms. The molecule has 0 aliphatic rings. The molecule has 0 aliphatic carbocycles. The highest BCUT2D eigenvalue weighted by Gasteiger charge is 2.15. The molecule has 1 atom stereocenters. The molecule has 0 saturated heterocycles. The van der Waals surface area contributed by atoms with E-state index in [1.165, 1.54) is 16.7 Å². The zero-order chi connectivity index (χ0) is 15.1. The van der Waals surface area contributed by atoms with Crippen molar-refractivity contribution in [3.63, 3.8) is 0 Å². The Bertz CT molecular complexity index is 564. The van der Waals surface area contributed by atoms with E-state index >= 15 is 0 Å². The fourth-order valence-corrected chi connectivity index (χ4v) is 2.31. The fraction of sp³-hybridized carbons (Fsp3) is 0.278. The lowest BCUT2D eigenvalue weighted by Crippen LogP contribution is -2.18. The number of benzene rings is 2. The quantitative estimate of drug-likeness (QED) is 0.582. The lowest BCUT2D eigenvalue weighted by Gasteiger charge is -2.09. The third-order valence-corrected chi connectivity index (χ3v) is 3.69. The third kappa shape index (κ3) is 4.61. The lowest BCUT2D eigenvalue weighted by molar-refractivity contribution is -0.142. The minimum Gasteiger partial charge on any atom is -0.465 e. The molecule has 0 amide bonds. The summed E-state index contributed by atoms with van der Waals surface area (Å²) in [5, 5.41) is -0.571. The summed E-state index contributed by atoms with van der Waals surface area (Å²) in [7, 11) is 0. The molecule has 0 N–H and O–H groups in total. The Kier molecular flexibility index (Phi) is 5.82. The van der Waals surface area contributed by atoms with Crippen LogP contribution in [0.1, 0.15) is 18.9 Å². The molecular weight excluding hydrogens is 284 g/mol. The predicted octanol–water partition coefficient (Wildman–Crippen LogP) is 4.46. The van der Waals surface area contributed by atoms with Gasteiger partial charge in [0.1, 0.15) is 5.38 Å². The van der Waals surface area contributed by atoms with Crippen molar-refractivity contribution in [1.82, 2.24) is 0 Å². The molecule has 0 bridgehead atoms. The summed E-state index contributed by atoms with van der Waals surface area (Å²) in [6.45, 7) is 2.15. The van der Waals surface area contributed by atoms with Crippen molar-refractivity contribution >= 4 is 17.6 Å². The van der Waals surface area contributed by atoms with Gasteiger partial charge in [0.25, 0.3) is 0 Å².